The molecular weight excluding hydrogens is 123 g/mol. The van der Waals surface area contributed by atoms with Crippen molar-refractivity contribution in [2.24, 2.45) is 0 Å². The van der Waals surface area contributed by atoms with Crippen LogP contribution in [0, 0.1) is 0 Å². The van der Waals surface area contributed by atoms with E-state index in [-0.39, 0.29) is 17.9 Å². The zero-order chi connectivity index (χ0) is 6.24. The van der Waals surface area contributed by atoms with Crippen LogP contribution in [0.1, 0.15) is 25.7 Å². The second-order valence-electron chi connectivity index (χ2n) is 1.86. The fourth-order valence-electron chi connectivity index (χ4n) is 0.577. The van der Waals surface area contributed by atoms with Gasteiger partial charge in [0.15, 0.2) is 0 Å². The van der Waals surface area contributed by atoms with E-state index in [2.05, 4.69) is 0 Å². The molecule has 0 aromatic rings. The van der Waals surface area contributed by atoms with Gasteiger partial charge in [-0.2, -0.15) is 0 Å². The molecule has 0 radical (unpaired) electrons. The van der Waals surface area contributed by atoms with E-state index in [9.17, 15) is 0 Å². The van der Waals surface area contributed by atoms with Gasteiger partial charge in [0.25, 0.3) is 0 Å². The first-order valence-corrected chi connectivity index (χ1v) is 3.13. The molecule has 0 aromatic heterocycles. The maximum atomic E-state index is 8.30. The van der Waals surface area contributed by atoms with Crippen LogP contribution in [0.5, 0.6) is 0 Å². The van der Waals surface area contributed by atoms with Gasteiger partial charge in [-0.05, 0) is 12.8 Å². The van der Waals surface area contributed by atoms with Crippen molar-refractivity contribution in [2.75, 3.05) is 13.2 Å². The Morgan fingerprint density at radius 2 is 1.00 bits per heavy atom. The molecule has 0 rings (SSSR count). The topological polar surface area (TPSA) is 40.5 Å². The molecule has 0 aliphatic rings. The summed E-state index contributed by atoms with van der Waals surface area (Å²) in [6.07, 6.45) is 3.83. The van der Waals surface area contributed by atoms with Gasteiger partial charge < -0.3 is 10.2 Å². The summed E-state index contributed by atoms with van der Waals surface area (Å²) >= 11 is 0. The van der Waals surface area contributed by atoms with Gasteiger partial charge in [-0.3, -0.25) is 4.70 Å². The Morgan fingerprint density at radius 1 is 0.667 bits per heavy atom. The fraction of sp³-hybridized carbons (Fsp3) is 1.00. The van der Waals surface area contributed by atoms with Crippen molar-refractivity contribution in [3.05, 3.63) is 0 Å². The van der Waals surface area contributed by atoms with Gasteiger partial charge in [-0.15, -0.1) is 0 Å². The molecule has 0 heterocycles. The normalized spacial score (nSPS) is 8.67. The minimum Gasteiger partial charge on any atom is -0.396 e. The molecular formula is C6H15FO2. The standard InChI is InChI=1S/C6H14O2.FH/c7-5-3-1-2-4-6-8;/h7-8H,1-6H2;1H. The van der Waals surface area contributed by atoms with Crippen molar-refractivity contribution in [3.8, 4) is 0 Å². The number of aliphatic hydroxyl groups excluding tert-OH is 2. The van der Waals surface area contributed by atoms with Gasteiger partial charge in [-0.1, -0.05) is 12.8 Å². The highest BCUT2D eigenvalue weighted by Gasteiger charge is 1.84. The molecule has 0 spiro atoms. The van der Waals surface area contributed by atoms with Crippen LogP contribution in [0.25, 0.3) is 0 Å². The molecule has 2 N–H and O–H groups in total. The molecule has 0 bridgehead atoms. The molecule has 0 unspecified atom stereocenters. The van der Waals surface area contributed by atoms with Crippen LogP contribution in [0.15, 0.2) is 0 Å². The quantitative estimate of drug-likeness (QED) is 0.548. The predicted molar refractivity (Wildman–Crippen MR) is 35.1 cm³/mol. The highest BCUT2D eigenvalue weighted by Crippen LogP contribution is 1.96. The summed E-state index contributed by atoms with van der Waals surface area (Å²) in [5.41, 5.74) is 0. The van der Waals surface area contributed by atoms with Crippen molar-refractivity contribution in [1.82, 2.24) is 0 Å². The fourth-order valence-corrected chi connectivity index (χ4v) is 0.577. The van der Waals surface area contributed by atoms with E-state index in [1.807, 2.05) is 0 Å². The summed E-state index contributed by atoms with van der Waals surface area (Å²) in [5, 5.41) is 16.6. The Labute approximate surface area is 54.9 Å². The Kier molecular flexibility index (Phi) is 13.9. The number of aliphatic hydroxyl groups is 2. The van der Waals surface area contributed by atoms with E-state index in [0.717, 1.165) is 25.7 Å². The number of hydrogen-bond donors (Lipinski definition) is 2. The van der Waals surface area contributed by atoms with E-state index in [4.69, 9.17) is 10.2 Å². The second-order valence-corrected chi connectivity index (χ2v) is 1.86. The maximum Gasteiger partial charge on any atom is 0.0431 e. The van der Waals surface area contributed by atoms with Gasteiger partial charge in [0.2, 0.25) is 0 Å². The van der Waals surface area contributed by atoms with Gasteiger partial charge in [0, 0.05) is 13.2 Å². The molecule has 0 aromatic carbocycles. The monoisotopic (exact) mass is 138 g/mol. The van der Waals surface area contributed by atoms with Gasteiger partial charge in [-0.25, -0.2) is 0 Å². The number of halogens is 1. The first kappa shape index (κ1) is 11.6. The Hall–Kier alpha value is -0.150. The third-order valence-electron chi connectivity index (χ3n) is 1.07. The average molecular weight is 138 g/mol. The minimum absolute atomic E-state index is 0. The summed E-state index contributed by atoms with van der Waals surface area (Å²) < 4.78 is 0. The largest absolute Gasteiger partial charge is 0.396 e. The first-order valence-electron chi connectivity index (χ1n) is 3.13. The summed E-state index contributed by atoms with van der Waals surface area (Å²) in [5.74, 6) is 0. The van der Waals surface area contributed by atoms with Crippen molar-refractivity contribution >= 4 is 0 Å². The minimum atomic E-state index is 0. The van der Waals surface area contributed by atoms with Gasteiger partial charge >= 0.3 is 0 Å². The van der Waals surface area contributed by atoms with Gasteiger partial charge in [0.05, 0.1) is 0 Å². The lowest BCUT2D eigenvalue weighted by Gasteiger charge is -1.93. The highest BCUT2D eigenvalue weighted by molar-refractivity contribution is 4.39. The number of unbranched alkanes of at least 4 members (excludes halogenated alkanes) is 3. The molecule has 0 saturated heterocycles. The zero-order valence-corrected chi connectivity index (χ0v) is 5.55. The van der Waals surface area contributed by atoms with E-state index >= 15 is 0 Å². The Morgan fingerprint density at radius 3 is 1.22 bits per heavy atom. The van der Waals surface area contributed by atoms with Crippen LogP contribution < -0.4 is 0 Å². The summed E-state index contributed by atoms with van der Waals surface area (Å²) in [7, 11) is 0. The van der Waals surface area contributed by atoms with Crippen LogP contribution in [0.2, 0.25) is 0 Å². The summed E-state index contributed by atoms with van der Waals surface area (Å²) in [4.78, 5) is 0. The molecule has 58 valence electrons. The third-order valence-corrected chi connectivity index (χ3v) is 1.07. The van der Waals surface area contributed by atoms with Crippen LogP contribution in [-0.4, -0.2) is 23.4 Å². The molecule has 3 heteroatoms. The van der Waals surface area contributed by atoms with Crippen molar-refractivity contribution in [1.29, 1.82) is 0 Å². The van der Waals surface area contributed by atoms with Crippen molar-refractivity contribution in [2.45, 2.75) is 25.7 Å². The second kappa shape index (κ2) is 10.8. The van der Waals surface area contributed by atoms with E-state index < -0.39 is 0 Å². The third kappa shape index (κ3) is 11.4. The van der Waals surface area contributed by atoms with Gasteiger partial charge in [0.1, 0.15) is 0 Å². The van der Waals surface area contributed by atoms with Crippen LogP contribution in [0.3, 0.4) is 0 Å². The molecule has 0 aliphatic heterocycles. The average Bonchev–Trinajstić information content (AvgIpc) is 1.81. The van der Waals surface area contributed by atoms with Crippen LogP contribution >= 0.6 is 0 Å². The summed E-state index contributed by atoms with van der Waals surface area (Å²) in [6, 6.07) is 0. The Bertz CT molecular complexity index is 36.0. The first-order chi connectivity index (χ1) is 3.91. The SMILES string of the molecule is F.OCCCCCCO. The predicted octanol–water partition coefficient (Wildman–Crippen LogP) is 0.684. The molecule has 0 fully saturated rings. The van der Waals surface area contributed by atoms with E-state index in [0.29, 0.717) is 0 Å². The van der Waals surface area contributed by atoms with Crippen LogP contribution in [-0.2, 0) is 0 Å². The van der Waals surface area contributed by atoms with E-state index in [1.54, 1.807) is 0 Å². The molecule has 0 atom stereocenters. The molecule has 0 amide bonds. The van der Waals surface area contributed by atoms with Crippen molar-refractivity contribution in [3.63, 3.8) is 0 Å². The summed E-state index contributed by atoms with van der Waals surface area (Å²) in [6.45, 7) is 0.566. The molecule has 0 saturated carbocycles. The molecule has 2 nitrogen and oxygen atoms in total. The molecule has 0 aliphatic carbocycles. The smallest absolute Gasteiger partial charge is 0.0431 e. The zero-order valence-electron chi connectivity index (χ0n) is 5.55. The number of rotatable bonds is 5. The lowest BCUT2D eigenvalue weighted by molar-refractivity contribution is 0.265. The lowest BCUT2D eigenvalue weighted by atomic mass is 10.2. The van der Waals surface area contributed by atoms with Crippen LogP contribution in [0.4, 0.5) is 4.70 Å². The highest BCUT2D eigenvalue weighted by atomic mass is 19.0. The number of hydrogen-bond acceptors (Lipinski definition) is 2. The van der Waals surface area contributed by atoms with Crippen molar-refractivity contribution < 1.29 is 14.9 Å². The Balaban J connectivity index is 0. The van der Waals surface area contributed by atoms with E-state index in [1.165, 1.54) is 0 Å². The lowest BCUT2D eigenvalue weighted by Crippen LogP contribution is -1.85. The maximum absolute atomic E-state index is 8.30. The molecule has 9 heavy (non-hydrogen) atoms.